The van der Waals surface area contributed by atoms with Crippen LogP contribution >= 0.6 is 15.9 Å². The fourth-order valence-electron chi connectivity index (χ4n) is 7.25. The van der Waals surface area contributed by atoms with Crippen molar-refractivity contribution in [2.24, 2.45) is 11.8 Å². The van der Waals surface area contributed by atoms with Crippen LogP contribution in [-0.2, 0) is 23.9 Å². The third kappa shape index (κ3) is 5.17. The number of hydrogen-bond donors (Lipinski definition) is 1. The molecule has 9 nitrogen and oxygen atoms in total. The van der Waals surface area contributed by atoms with Crippen LogP contribution < -0.4 is 9.80 Å². The van der Waals surface area contributed by atoms with Gasteiger partial charge in [0.2, 0.25) is 5.91 Å². The highest BCUT2D eigenvalue weighted by Crippen LogP contribution is 2.61. The lowest BCUT2D eigenvalue weighted by Gasteiger charge is -2.39. The predicted octanol–water partition coefficient (Wildman–Crippen LogP) is 4.10. The Labute approximate surface area is 261 Å². The molecule has 1 unspecified atom stereocenters. The van der Waals surface area contributed by atoms with Crippen molar-refractivity contribution in [1.82, 2.24) is 4.90 Å². The number of halogens is 1. The molecule has 2 aromatic carbocycles. The molecule has 0 saturated carbocycles. The summed E-state index contributed by atoms with van der Waals surface area (Å²) < 4.78 is 12.0. The minimum absolute atomic E-state index is 0.162. The summed E-state index contributed by atoms with van der Waals surface area (Å²) in [6.07, 6.45) is 1.39. The predicted molar refractivity (Wildman–Crippen MR) is 168 cm³/mol. The van der Waals surface area contributed by atoms with Crippen LogP contribution in [0.5, 0.6) is 0 Å². The maximum atomic E-state index is 14.9. The molecule has 3 saturated heterocycles. The Morgan fingerprint density at radius 1 is 1.14 bits per heavy atom. The Morgan fingerprint density at radius 3 is 2.37 bits per heavy atom. The standard InChI is InChI=1S/C33H40BrN3O6/c1-5-18-36(23-16-14-22(15-17-23)35(6-2)7-3)31(40)29-33-19-24(34)28(43-33)26(32(41)42-8-4)27(33)30(39)37(29)25(20-38)21-12-10-9-11-13-21/h5,9-17,24-29,38H,1,6-8,18-20H2,2-4H3/t24?,25-,26+,27-,28+,29+,33-/m1/s1. The van der Waals surface area contributed by atoms with Crippen molar-refractivity contribution in [2.75, 3.05) is 42.6 Å². The quantitative estimate of drug-likeness (QED) is 0.209. The lowest BCUT2D eigenvalue weighted by molar-refractivity contribution is -0.155. The van der Waals surface area contributed by atoms with Gasteiger partial charge in [-0.25, -0.2) is 0 Å². The minimum Gasteiger partial charge on any atom is -0.466 e. The Hall–Kier alpha value is -3.21. The molecule has 5 rings (SSSR count). The number of hydrogen-bond acceptors (Lipinski definition) is 7. The summed E-state index contributed by atoms with van der Waals surface area (Å²) in [7, 11) is 0. The highest BCUT2D eigenvalue weighted by molar-refractivity contribution is 9.09. The SMILES string of the molecule is C=CCN(C(=O)[C@@H]1N([C@H](CO)c2ccccc2)C(=O)[C@H]2[C@H](C(=O)OCC)[C@H]3O[C@@]12CC3Br)c1ccc(N(CC)CC)cc1. The molecule has 3 aliphatic rings. The van der Waals surface area contributed by atoms with E-state index in [1.807, 2.05) is 54.6 Å². The highest BCUT2D eigenvalue weighted by atomic mass is 79.9. The maximum Gasteiger partial charge on any atom is 0.312 e. The van der Waals surface area contributed by atoms with Gasteiger partial charge in [0.25, 0.3) is 5.91 Å². The number of aliphatic hydroxyl groups excluding tert-OH is 1. The number of benzene rings is 2. The zero-order chi connectivity index (χ0) is 30.9. The molecule has 3 heterocycles. The molecule has 0 aromatic heterocycles. The van der Waals surface area contributed by atoms with Crippen molar-refractivity contribution >= 4 is 45.1 Å². The summed E-state index contributed by atoms with van der Waals surface area (Å²) in [5.74, 6) is -3.06. The number of likely N-dealkylation sites (tertiary alicyclic amines) is 1. The van der Waals surface area contributed by atoms with Crippen LogP contribution in [0.15, 0.2) is 67.3 Å². The van der Waals surface area contributed by atoms with Gasteiger partial charge in [0.15, 0.2) is 0 Å². The molecule has 2 aromatic rings. The minimum atomic E-state index is -1.28. The summed E-state index contributed by atoms with van der Waals surface area (Å²) >= 11 is 3.69. The Balaban J connectivity index is 1.62. The Bertz CT molecular complexity index is 1340. The zero-order valence-corrected chi connectivity index (χ0v) is 26.5. The second-order valence-electron chi connectivity index (χ2n) is 11.2. The van der Waals surface area contributed by atoms with E-state index in [4.69, 9.17) is 9.47 Å². The smallest absolute Gasteiger partial charge is 0.312 e. The topological polar surface area (TPSA) is 99.6 Å². The zero-order valence-electron chi connectivity index (χ0n) is 24.9. The number of fused-ring (bicyclic) bond motifs is 1. The lowest BCUT2D eigenvalue weighted by Crippen LogP contribution is -2.57. The molecular weight excluding hydrogens is 614 g/mol. The van der Waals surface area contributed by atoms with Crippen molar-refractivity contribution in [2.45, 2.75) is 55.8 Å². The number of ether oxygens (including phenoxy) is 2. The third-order valence-electron chi connectivity index (χ3n) is 9.08. The van der Waals surface area contributed by atoms with Crippen LogP contribution in [0.4, 0.5) is 11.4 Å². The number of alkyl halides is 1. The summed E-state index contributed by atoms with van der Waals surface area (Å²) in [4.78, 5) is 47.7. The second kappa shape index (κ2) is 12.8. The first-order chi connectivity index (χ1) is 20.8. The van der Waals surface area contributed by atoms with E-state index in [-0.39, 0.29) is 23.9 Å². The van der Waals surface area contributed by atoms with Gasteiger partial charge in [-0.05, 0) is 57.0 Å². The average Bonchev–Trinajstić information content (AvgIpc) is 3.61. The molecule has 43 heavy (non-hydrogen) atoms. The molecule has 1 N–H and O–H groups in total. The summed E-state index contributed by atoms with van der Waals surface area (Å²) in [5, 5.41) is 10.7. The number of aliphatic hydroxyl groups is 1. The molecule has 0 radical (unpaired) electrons. The van der Waals surface area contributed by atoms with Gasteiger partial charge in [-0.2, -0.15) is 0 Å². The van der Waals surface area contributed by atoms with E-state index in [0.717, 1.165) is 18.8 Å². The van der Waals surface area contributed by atoms with Gasteiger partial charge in [-0.15, -0.1) is 6.58 Å². The summed E-state index contributed by atoms with van der Waals surface area (Å²) in [6.45, 7) is 11.5. The van der Waals surface area contributed by atoms with E-state index >= 15 is 0 Å². The molecule has 3 aliphatic heterocycles. The summed E-state index contributed by atoms with van der Waals surface area (Å²) in [5.41, 5.74) is 1.09. The number of nitrogens with zero attached hydrogens (tertiary/aromatic N) is 3. The largest absolute Gasteiger partial charge is 0.466 e. The summed E-state index contributed by atoms with van der Waals surface area (Å²) in [6, 6.07) is 15.0. The van der Waals surface area contributed by atoms with Gasteiger partial charge in [0, 0.05) is 35.8 Å². The average molecular weight is 655 g/mol. The molecule has 1 spiro atoms. The number of carbonyl (C=O) groups is 3. The van der Waals surface area contributed by atoms with E-state index < -0.39 is 54.1 Å². The van der Waals surface area contributed by atoms with Gasteiger partial charge >= 0.3 is 5.97 Å². The first kappa shape index (κ1) is 31.2. The molecule has 2 bridgehead atoms. The molecular formula is C33H40BrN3O6. The molecule has 3 fully saturated rings. The number of esters is 1. The Morgan fingerprint density at radius 2 is 1.79 bits per heavy atom. The second-order valence-corrected chi connectivity index (χ2v) is 12.4. The van der Waals surface area contributed by atoms with Crippen LogP contribution in [0.25, 0.3) is 0 Å². The van der Waals surface area contributed by atoms with Crippen molar-refractivity contribution in [3.63, 3.8) is 0 Å². The van der Waals surface area contributed by atoms with E-state index in [1.54, 1.807) is 17.9 Å². The fourth-order valence-corrected chi connectivity index (χ4v) is 8.19. The third-order valence-corrected chi connectivity index (χ3v) is 9.93. The van der Waals surface area contributed by atoms with Crippen molar-refractivity contribution in [3.8, 4) is 0 Å². The molecule has 2 amide bonds. The normalized spacial score (nSPS) is 28.0. The number of carbonyl (C=O) groups excluding carboxylic acids is 3. The van der Waals surface area contributed by atoms with Gasteiger partial charge in [-0.3, -0.25) is 14.4 Å². The van der Waals surface area contributed by atoms with Crippen LogP contribution in [0.3, 0.4) is 0 Å². The molecule has 0 aliphatic carbocycles. The maximum absolute atomic E-state index is 14.9. The highest BCUT2D eigenvalue weighted by Gasteiger charge is 2.77. The van der Waals surface area contributed by atoms with Crippen LogP contribution in [0.2, 0.25) is 0 Å². The number of anilines is 2. The van der Waals surface area contributed by atoms with Crippen LogP contribution in [-0.4, -0.2) is 83.2 Å². The van der Waals surface area contributed by atoms with E-state index in [1.165, 1.54) is 4.90 Å². The van der Waals surface area contributed by atoms with E-state index in [9.17, 15) is 19.5 Å². The van der Waals surface area contributed by atoms with Crippen LogP contribution in [0, 0.1) is 11.8 Å². The first-order valence-corrected chi connectivity index (χ1v) is 15.9. The van der Waals surface area contributed by atoms with Crippen LogP contribution in [0.1, 0.15) is 38.8 Å². The number of amides is 2. The lowest BCUT2D eigenvalue weighted by atomic mass is 9.70. The van der Waals surface area contributed by atoms with Gasteiger partial charge in [-0.1, -0.05) is 52.3 Å². The molecule has 10 heteroatoms. The van der Waals surface area contributed by atoms with E-state index in [0.29, 0.717) is 17.7 Å². The molecule has 230 valence electrons. The van der Waals surface area contributed by atoms with Gasteiger partial charge in [0.05, 0.1) is 37.2 Å². The number of rotatable bonds is 12. The monoisotopic (exact) mass is 653 g/mol. The van der Waals surface area contributed by atoms with E-state index in [2.05, 4.69) is 41.3 Å². The van der Waals surface area contributed by atoms with Crippen molar-refractivity contribution in [3.05, 3.63) is 72.8 Å². The molecule has 7 atom stereocenters. The Kier molecular flexibility index (Phi) is 9.29. The van der Waals surface area contributed by atoms with Crippen molar-refractivity contribution in [1.29, 1.82) is 0 Å². The van der Waals surface area contributed by atoms with Gasteiger partial charge in [0.1, 0.15) is 11.6 Å². The fraction of sp³-hybridized carbons (Fsp3) is 0.485. The first-order valence-electron chi connectivity index (χ1n) is 15.0. The van der Waals surface area contributed by atoms with Gasteiger partial charge < -0.3 is 29.3 Å². The van der Waals surface area contributed by atoms with Crippen molar-refractivity contribution < 1.29 is 29.0 Å².